The first kappa shape index (κ1) is 20.4. The summed E-state index contributed by atoms with van der Waals surface area (Å²) in [5.41, 5.74) is 0.632. The van der Waals surface area contributed by atoms with Crippen LogP contribution in [0.5, 0.6) is 5.75 Å². The zero-order chi connectivity index (χ0) is 21.1. The van der Waals surface area contributed by atoms with Crippen molar-refractivity contribution in [2.75, 3.05) is 19.7 Å². The lowest BCUT2D eigenvalue weighted by molar-refractivity contribution is -0.139. The summed E-state index contributed by atoms with van der Waals surface area (Å²) in [7, 11) is 0. The molecule has 0 saturated carbocycles. The van der Waals surface area contributed by atoms with Crippen LogP contribution in [0.25, 0.3) is 0 Å². The van der Waals surface area contributed by atoms with Crippen LogP contribution in [0.1, 0.15) is 55.9 Å². The summed E-state index contributed by atoms with van der Waals surface area (Å²) in [6.07, 6.45) is 7.87. The van der Waals surface area contributed by atoms with Crippen molar-refractivity contribution in [3.8, 4) is 5.75 Å². The number of carbonyl (C=O) groups excluding carboxylic acids is 2. The van der Waals surface area contributed by atoms with Gasteiger partial charge in [0.15, 0.2) is 6.61 Å². The number of carbonyl (C=O) groups is 2. The minimum absolute atomic E-state index is 0.0169. The molecule has 3 atom stereocenters. The Bertz CT molecular complexity index is 855. The van der Waals surface area contributed by atoms with E-state index >= 15 is 0 Å². The SMILES string of the molecule is CC1CCCC(C)N1C(=O)COc1ccc(C(=O)N2CCC(n3cccn3)C2)cc1. The van der Waals surface area contributed by atoms with E-state index in [-0.39, 0.29) is 36.5 Å². The third kappa shape index (κ3) is 4.35. The third-order valence-electron chi connectivity index (χ3n) is 6.29. The molecule has 4 rings (SSSR count). The molecule has 2 aliphatic rings. The quantitative estimate of drug-likeness (QED) is 0.760. The van der Waals surface area contributed by atoms with Crippen molar-refractivity contribution < 1.29 is 14.3 Å². The second-order valence-corrected chi connectivity index (χ2v) is 8.42. The van der Waals surface area contributed by atoms with Gasteiger partial charge in [-0.3, -0.25) is 14.3 Å². The van der Waals surface area contributed by atoms with Crippen molar-refractivity contribution in [1.29, 1.82) is 0 Å². The van der Waals surface area contributed by atoms with E-state index in [9.17, 15) is 9.59 Å². The molecule has 2 aliphatic heterocycles. The number of likely N-dealkylation sites (tertiary alicyclic amines) is 2. The lowest BCUT2D eigenvalue weighted by atomic mass is 9.97. The maximum Gasteiger partial charge on any atom is 0.260 e. The normalized spacial score (nSPS) is 24.1. The van der Waals surface area contributed by atoms with Gasteiger partial charge in [0.1, 0.15) is 5.75 Å². The van der Waals surface area contributed by atoms with Crippen molar-refractivity contribution in [3.05, 3.63) is 48.3 Å². The average molecular weight is 411 g/mol. The van der Waals surface area contributed by atoms with Gasteiger partial charge in [-0.15, -0.1) is 0 Å². The van der Waals surface area contributed by atoms with Crippen LogP contribution in [0.4, 0.5) is 0 Å². The molecule has 30 heavy (non-hydrogen) atoms. The highest BCUT2D eigenvalue weighted by Crippen LogP contribution is 2.24. The van der Waals surface area contributed by atoms with E-state index in [2.05, 4.69) is 18.9 Å². The first-order valence-electron chi connectivity index (χ1n) is 10.9. The van der Waals surface area contributed by atoms with Gasteiger partial charge in [-0.2, -0.15) is 5.10 Å². The number of hydrogen-bond donors (Lipinski definition) is 0. The van der Waals surface area contributed by atoms with E-state index in [1.807, 2.05) is 26.7 Å². The van der Waals surface area contributed by atoms with E-state index in [4.69, 9.17) is 4.74 Å². The van der Waals surface area contributed by atoms with Crippen LogP contribution in [-0.2, 0) is 4.79 Å². The molecule has 0 aliphatic carbocycles. The molecule has 2 fully saturated rings. The highest BCUT2D eigenvalue weighted by Gasteiger charge is 2.30. The molecule has 1 aromatic heterocycles. The summed E-state index contributed by atoms with van der Waals surface area (Å²) in [4.78, 5) is 29.2. The van der Waals surface area contributed by atoms with E-state index in [0.29, 0.717) is 17.9 Å². The first-order chi connectivity index (χ1) is 14.5. The van der Waals surface area contributed by atoms with Gasteiger partial charge in [0.2, 0.25) is 0 Å². The molecule has 2 aromatic rings. The Morgan fingerprint density at radius 3 is 2.50 bits per heavy atom. The number of aromatic nitrogens is 2. The number of piperidine rings is 1. The largest absolute Gasteiger partial charge is 0.484 e. The fourth-order valence-corrected chi connectivity index (χ4v) is 4.65. The summed E-state index contributed by atoms with van der Waals surface area (Å²) < 4.78 is 7.64. The maximum absolute atomic E-state index is 12.8. The molecule has 160 valence electrons. The van der Waals surface area contributed by atoms with Crippen LogP contribution in [-0.4, -0.2) is 63.2 Å². The van der Waals surface area contributed by atoms with Crippen LogP contribution in [0.3, 0.4) is 0 Å². The van der Waals surface area contributed by atoms with Gasteiger partial charge in [-0.05, 0) is 69.9 Å². The molecule has 7 nitrogen and oxygen atoms in total. The summed E-state index contributed by atoms with van der Waals surface area (Å²) in [6, 6.07) is 9.74. The van der Waals surface area contributed by atoms with E-state index < -0.39 is 0 Å². The predicted molar refractivity (Wildman–Crippen MR) is 113 cm³/mol. The second-order valence-electron chi connectivity index (χ2n) is 8.42. The standard InChI is InChI=1S/C23H30N4O3/c1-17-5-3-6-18(2)27(17)22(28)16-30-21-9-7-19(8-10-21)23(29)25-14-11-20(15-25)26-13-4-12-24-26/h4,7-10,12-13,17-18,20H,3,5-6,11,14-16H2,1-2H3. The summed E-state index contributed by atoms with van der Waals surface area (Å²) in [6.45, 7) is 5.62. The Labute approximate surface area is 177 Å². The third-order valence-corrected chi connectivity index (χ3v) is 6.29. The fourth-order valence-electron chi connectivity index (χ4n) is 4.65. The van der Waals surface area contributed by atoms with Gasteiger partial charge < -0.3 is 14.5 Å². The number of amides is 2. The molecule has 0 N–H and O–H groups in total. The molecule has 1 aromatic carbocycles. The van der Waals surface area contributed by atoms with Crippen LogP contribution in [0.2, 0.25) is 0 Å². The van der Waals surface area contributed by atoms with Gasteiger partial charge in [0.25, 0.3) is 11.8 Å². The van der Waals surface area contributed by atoms with E-state index in [1.165, 1.54) is 6.42 Å². The van der Waals surface area contributed by atoms with Crippen molar-refractivity contribution in [3.63, 3.8) is 0 Å². The summed E-state index contributed by atoms with van der Waals surface area (Å²) in [5.74, 6) is 0.646. The Morgan fingerprint density at radius 2 is 1.83 bits per heavy atom. The van der Waals surface area contributed by atoms with E-state index in [0.717, 1.165) is 25.8 Å². The fraction of sp³-hybridized carbons (Fsp3) is 0.522. The van der Waals surface area contributed by atoms with Crippen LogP contribution in [0.15, 0.2) is 42.7 Å². The van der Waals surface area contributed by atoms with Crippen molar-refractivity contribution in [2.45, 2.75) is 57.7 Å². The summed E-state index contributed by atoms with van der Waals surface area (Å²) >= 11 is 0. The van der Waals surface area contributed by atoms with Gasteiger partial charge in [0, 0.05) is 43.1 Å². The Balaban J connectivity index is 1.31. The molecule has 3 unspecified atom stereocenters. The average Bonchev–Trinajstić information content (AvgIpc) is 3.44. The van der Waals surface area contributed by atoms with Crippen molar-refractivity contribution in [2.24, 2.45) is 0 Å². The Hall–Kier alpha value is -2.83. The minimum atomic E-state index is 0.0169. The van der Waals surface area contributed by atoms with Gasteiger partial charge in [-0.25, -0.2) is 0 Å². The zero-order valence-electron chi connectivity index (χ0n) is 17.7. The minimum Gasteiger partial charge on any atom is -0.484 e. The Kier molecular flexibility index (Phi) is 6.06. The molecule has 3 heterocycles. The lowest BCUT2D eigenvalue weighted by Gasteiger charge is -2.38. The molecular weight excluding hydrogens is 380 g/mol. The molecule has 0 bridgehead atoms. The van der Waals surface area contributed by atoms with Gasteiger partial charge in [-0.1, -0.05) is 0 Å². The Morgan fingerprint density at radius 1 is 1.10 bits per heavy atom. The highest BCUT2D eigenvalue weighted by molar-refractivity contribution is 5.94. The maximum atomic E-state index is 12.8. The van der Waals surface area contributed by atoms with Crippen molar-refractivity contribution >= 4 is 11.8 Å². The number of hydrogen-bond acceptors (Lipinski definition) is 4. The number of rotatable bonds is 5. The number of ether oxygens (including phenoxy) is 1. The molecular formula is C23H30N4O3. The van der Waals surface area contributed by atoms with Crippen molar-refractivity contribution in [1.82, 2.24) is 19.6 Å². The predicted octanol–water partition coefficient (Wildman–Crippen LogP) is 3.14. The number of benzene rings is 1. The molecule has 7 heteroatoms. The molecule has 2 saturated heterocycles. The first-order valence-corrected chi connectivity index (χ1v) is 10.9. The number of nitrogens with zero attached hydrogens (tertiary/aromatic N) is 4. The van der Waals surface area contributed by atoms with Crippen LogP contribution >= 0.6 is 0 Å². The molecule has 0 spiro atoms. The summed E-state index contributed by atoms with van der Waals surface area (Å²) in [5, 5.41) is 4.29. The van der Waals surface area contributed by atoms with Gasteiger partial charge >= 0.3 is 0 Å². The lowest BCUT2D eigenvalue weighted by Crippen LogP contribution is -2.49. The van der Waals surface area contributed by atoms with E-state index in [1.54, 1.807) is 30.5 Å². The monoisotopic (exact) mass is 410 g/mol. The topological polar surface area (TPSA) is 67.7 Å². The van der Waals surface area contributed by atoms with Crippen LogP contribution < -0.4 is 4.74 Å². The van der Waals surface area contributed by atoms with Gasteiger partial charge in [0.05, 0.1) is 6.04 Å². The van der Waals surface area contributed by atoms with Crippen LogP contribution in [0, 0.1) is 0 Å². The zero-order valence-corrected chi connectivity index (χ0v) is 17.7. The molecule has 2 amide bonds. The highest BCUT2D eigenvalue weighted by atomic mass is 16.5. The second kappa shape index (κ2) is 8.90. The molecule has 0 radical (unpaired) electrons. The smallest absolute Gasteiger partial charge is 0.260 e.